The molecule has 0 unspecified atom stereocenters. The quantitative estimate of drug-likeness (QED) is 0.395. The summed E-state index contributed by atoms with van der Waals surface area (Å²) in [6.45, 7) is 0.463. The van der Waals surface area contributed by atoms with Gasteiger partial charge in [-0.15, -0.1) is 22.7 Å². The van der Waals surface area contributed by atoms with E-state index >= 15 is 0 Å². The maximum atomic E-state index is 13.2. The summed E-state index contributed by atoms with van der Waals surface area (Å²) in [7, 11) is -3.81. The van der Waals surface area contributed by atoms with Crippen molar-refractivity contribution in [1.29, 1.82) is 0 Å². The Hall–Kier alpha value is -2.83. The molecule has 12 heteroatoms. The molecule has 4 aromatic rings. The molecule has 0 atom stereocenters. The molecule has 1 saturated heterocycles. The zero-order valence-corrected chi connectivity index (χ0v) is 21.4. The van der Waals surface area contributed by atoms with Gasteiger partial charge in [0.05, 0.1) is 18.8 Å². The number of sulfonamides is 1. The van der Waals surface area contributed by atoms with Gasteiger partial charge in [-0.25, -0.2) is 13.4 Å². The summed E-state index contributed by atoms with van der Waals surface area (Å²) in [6.07, 6.45) is 0. The molecule has 2 N–H and O–H groups in total. The van der Waals surface area contributed by atoms with E-state index < -0.39 is 15.9 Å². The highest BCUT2D eigenvalue weighted by atomic mass is 35.5. The van der Waals surface area contributed by atoms with E-state index in [1.807, 2.05) is 5.38 Å². The highest BCUT2D eigenvalue weighted by molar-refractivity contribution is 7.91. The summed E-state index contributed by atoms with van der Waals surface area (Å²) < 4.78 is 28.5. The lowest BCUT2D eigenvalue weighted by atomic mass is 10.1. The summed E-state index contributed by atoms with van der Waals surface area (Å²) in [5.41, 5.74) is 7.09. The van der Waals surface area contributed by atoms with Crippen LogP contribution in [0.5, 0.6) is 0 Å². The number of hydrogen-bond acceptors (Lipinski definition) is 7. The third kappa shape index (κ3) is 4.69. The molecule has 35 heavy (non-hydrogen) atoms. The minimum Gasteiger partial charge on any atom is -0.366 e. The van der Waals surface area contributed by atoms with Gasteiger partial charge in [0.2, 0.25) is 11.8 Å². The van der Waals surface area contributed by atoms with Crippen LogP contribution in [0.3, 0.4) is 0 Å². The molecular formula is C23H19ClN4O4S3. The summed E-state index contributed by atoms with van der Waals surface area (Å²) in [5, 5.41) is 3.83. The second kappa shape index (κ2) is 9.32. The minimum absolute atomic E-state index is 0.186. The Morgan fingerprint density at radius 2 is 1.94 bits per heavy atom. The Labute approximate surface area is 214 Å². The van der Waals surface area contributed by atoms with Crippen LogP contribution in [-0.4, -0.2) is 54.1 Å². The summed E-state index contributed by atoms with van der Waals surface area (Å²) >= 11 is 8.53. The Morgan fingerprint density at radius 1 is 1.14 bits per heavy atom. The van der Waals surface area contributed by atoms with Crippen LogP contribution in [0.4, 0.5) is 0 Å². The number of rotatable bonds is 6. The number of carbonyl (C=O) groups is 2. The van der Waals surface area contributed by atoms with Crippen LogP contribution < -0.4 is 5.73 Å². The second-order valence-corrected chi connectivity index (χ2v) is 12.6. The number of nitrogens with two attached hydrogens (primary N) is 1. The Balaban J connectivity index is 1.29. The largest absolute Gasteiger partial charge is 0.366 e. The fourth-order valence-electron chi connectivity index (χ4n) is 3.89. The molecule has 0 spiro atoms. The lowest BCUT2D eigenvalue weighted by Crippen LogP contribution is -2.51. The number of thiophene rings is 1. The Bertz CT molecular complexity index is 1560. The number of hydrogen-bond donors (Lipinski definition) is 1. The lowest BCUT2D eigenvalue weighted by molar-refractivity contribution is -0.134. The summed E-state index contributed by atoms with van der Waals surface area (Å²) in [4.78, 5) is 30.7. The van der Waals surface area contributed by atoms with E-state index in [-0.39, 0.29) is 36.3 Å². The van der Waals surface area contributed by atoms with Gasteiger partial charge in [0.15, 0.2) is 0 Å². The Kier molecular flexibility index (Phi) is 6.36. The molecule has 8 nitrogen and oxygen atoms in total. The van der Waals surface area contributed by atoms with Gasteiger partial charge in [-0.2, -0.15) is 4.31 Å². The van der Waals surface area contributed by atoms with Gasteiger partial charge in [0, 0.05) is 39.3 Å². The van der Waals surface area contributed by atoms with Crippen LogP contribution in [0.1, 0.15) is 15.4 Å². The smallest absolute Gasteiger partial charge is 0.253 e. The number of piperazine rings is 1. The van der Waals surface area contributed by atoms with Gasteiger partial charge in [0.1, 0.15) is 9.22 Å². The van der Waals surface area contributed by atoms with Gasteiger partial charge < -0.3 is 10.6 Å². The van der Waals surface area contributed by atoms with Gasteiger partial charge >= 0.3 is 0 Å². The molecule has 2 aromatic heterocycles. The molecule has 0 aliphatic carbocycles. The van der Waals surface area contributed by atoms with E-state index in [1.54, 1.807) is 53.4 Å². The number of benzene rings is 2. The number of halogens is 1. The Morgan fingerprint density at radius 3 is 2.71 bits per heavy atom. The molecular weight excluding hydrogens is 528 g/mol. The molecule has 180 valence electrons. The zero-order chi connectivity index (χ0) is 24.7. The SMILES string of the molecule is NC(=O)c1ccccc1-c1csc(CN2CCN(S(=O)(=O)c3cc4ccc(Cl)cc4s3)CC2=O)n1. The van der Waals surface area contributed by atoms with Gasteiger partial charge in [-0.3, -0.25) is 9.59 Å². The number of amides is 2. The predicted octanol–water partition coefficient (Wildman–Crippen LogP) is 3.81. The van der Waals surface area contributed by atoms with Crippen LogP contribution >= 0.6 is 34.3 Å². The van der Waals surface area contributed by atoms with E-state index in [2.05, 4.69) is 4.98 Å². The van der Waals surface area contributed by atoms with Crippen molar-refractivity contribution in [3.8, 4) is 11.3 Å². The van der Waals surface area contributed by atoms with E-state index in [9.17, 15) is 18.0 Å². The van der Waals surface area contributed by atoms with Crippen LogP contribution in [-0.2, 0) is 21.4 Å². The average Bonchev–Trinajstić information content (AvgIpc) is 3.47. The number of thiazole rings is 1. The van der Waals surface area contributed by atoms with E-state index in [0.717, 1.165) is 21.4 Å². The molecule has 3 heterocycles. The molecule has 2 aromatic carbocycles. The molecule has 1 fully saturated rings. The average molecular weight is 547 g/mol. The first kappa shape index (κ1) is 23.9. The van der Waals surface area contributed by atoms with Crippen molar-refractivity contribution >= 4 is 66.2 Å². The fourth-order valence-corrected chi connectivity index (χ4v) is 7.90. The van der Waals surface area contributed by atoms with Crippen molar-refractivity contribution in [2.45, 2.75) is 10.8 Å². The molecule has 0 radical (unpaired) electrons. The second-order valence-electron chi connectivity index (χ2n) is 7.94. The highest BCUT2D eigenvalue weighted by Crippen LogP contribution is 2.33. The zero-order valence-electron chi connectivity index (χ0n) is 18.2. The molecule has 2 amide bonds. The third-order valence-electron chi connectivity index (χ3n) is 5.68. The van der Waals surface area contributed by atoms with Crippen molar-refractivity contribution in [3.63, 3.8) is 0 Å². The first-order chi connectivity index (χ1) is 16.7. The minimum atomic E-state index is -3.81. The standard InChI is InChI=1S/C23H19ClN4O4S3/c24-15-6-5-14-9-22(34-19(14)10-15)35(31,32)28-8-7-27(21(29)12-28)11-20-26-18(13-33-20)16-3-1-2-4-17(16)23(25)30/h1-6,9-10,13H,7-8,11-12H2,(H2,25,30). The van der Waals surface area contributed by atoms with E-state index in [0.29, 0.717) is 26.9 Å². The number of aromatic nitrogens is 1. The van der Waals surface area contributed by atoms with E-state index in [4.69, 9.17) is 17.3 Å². The maximum Gasteiger partial charge on any atom is 0.253 e. The van der Waals surface area contributed by atoms with E-state index in [1.165, 1.54) is 15.6 Å². The highest BCUT2D eigenvalue weighted by Gasteiger charge is 2.34. The summed E-state index contributed by atoms with van der Waals surface area (Å²) in [5.74, 6) is -0.831. The third-order valence-corrected chi connectivity index (χ3v) is 10.1. The lowest BCUT2D eigenvalue weighted by Gasteiger charge is -2.32. The summed E-state index contributed by atoms with van der Waals surface area (Å²) in [6, 6.07) is 13.8. The van der Waals surface area contributed by atoms with Crippen molar-refractivity contribution in [3.05, 3.63) is 69.5 Å². The molecule has 0 saturated carbocycles. The number of nitrogens with zero attached hydrogens (tertiary/aromatic N) is 3. The first-order valence-corrected chi connectivity index (χ1v) is 14.0. The molecule has 0 bridgehead atoms. The predicted molar refractivity (Wildman–Crippen MR) is 137 cm³/mol. The van der Waals surface area contributed by atoms with Crippen molar-refractivity contribution in [1.82, 2.24) is 14.2 Å². The van der Waals surface area contributed by atoms with Crippen LogP contribution in [0, 0.1) is 0 Å². The maximum absolute atomic E-state index is 13.2. The molecule has 1 aliphatic rings. The number of primary amides is 1. The van der Waals surface area contributed by atoms with Crippen LogP contribution in [0.25, 0.3) is 21.3 Å². The first-order valence-electron chi connectivity index (χ1n) is 10.5. The van der Waals surface area contributed by atoms with Gasteiger partial charge in [-0.1, -0.05) is 35.9 Å². The fraction of sp³-hybridized carbons (Fsp3) is 0.174. The topological polar surface area (TPSA) is 114 Å². The van der Waals surface area contributed by atoms with Crippen LogP contribution in [0.2, 0.25) is 5.02 Å². The van der Waals surface area contributed by atoms with Crippen molar-refractivity contribution < 1.29 is 18.0 Å². The van der Waals surface area contributed by atoms with Gasteiger partial charge in [0.25, 0.3) is 10.0 Å². The number of carbonyl (C=O) groups excluding carboxylic acids is 2. The van der Waals surface area contributed by atoms with Crippen LogP contribution in [0.15, 0.2) is 58.1 Å². The number of fused-ring (bicyclic) bond motifs is 1. The normalized spacial score (nSPS) is 15.1. The molecule has 1 aliphatic heterocycles. The molecule has 5 rings (SSSR count). The monoisotopic (exact) mass is 546 g/mol. The van der Waals surface area contributed by atoms with Crippen molar-refractivity contribution in [2.24, 2.45) is 5.73 Å². The van der Waals surface area contributed by atoms with Gasteiger partial charge in [-0.05, 0) is 29.7 Å². The van der Waals surface area contributed by atoms with Crippen molar-refractivity contribution in [2.75, 3.05) is 19.6 Å².